The molecule has 1 aromatic carbocycles. The third-order valence-electron chi connectivity index (χ3n) is 6.93. The number of fused-ring (bicyclic) bond motifs is 4. The van der Waals surface area contributed by atoms with E-state index in [1.165, 1.54) is 20.5 Å². The number of anilines is 1. The average molecular weight is 396 g/mol. The van der Waals surface area contributed by atoms with Crippen molar-refractivity contribution in [3.05, 3.63) is 54.3 Å². The van der Waals surface area contributed by atoms with Gasteiger partial charge in [-0.15, -0.1) is 6.58 Å². The molecule has 0 radical (unpaired) electrons. The van der Waals surface area contributed by atoms with Crippen LogP contribution in [0.15, 0.2) is 48.8 Å². The van der Waals surface area contributed by atoms with Gasteiger partial charge in [0.1, 0.15) is 0 Å². The molecule has 0 unspecified atom stereocenters. The number of amides is 1. The lowest BCUT2D eigenvalue weighted by molar-refractivity contribution is -0.136. The molecule has 154 valence electrons. The van der Waals surface area contributed by atoms with Crippen LogP contribution >= 0.6 is 0 Å². The molecule has 29 heavy (non-hydrogen) atoms. The van der Waals surface area contributed by atoms with Gasteiger partial charge in [0.05, 0.1) is 31.5 Å². The number of esters is 1. The van der Waals surface area contributed by atoms with E-state index in [9.17, 15) is 9.59 Å². The number of rotatable bonds is 5. The van der Waals surface area contributed by atoms with Crippen molar-refractivity contribution in [2.45, 2.75) is 30.7 Å². The first kappa shape index (κ1) is 19.7. The van der Waals surface area contributed by atoms with E-state index < -0.39 is 5.41 Å². The first-order valence-corrected chi connectivity index (χ1v) is 10.1. The van der Waals surface area contributed by atoms with Gasteiger partial charge in [0.15, 0.2) is 0 Å². The number of nitrogens with one attached hydrogen (secondary N) is 1. The third-order valence-corrected chi connectivity index (χ3v) is 6.93. The summed E-state index contributed by atoms with van der Waals surface area (Å²) in [7, 11) is 2.91. The standard InChI is InChI=1S/C23H28N2O4/c1-4-15-13-25-10-9-23(18-7-5-6-8-19(18)24-22(23)27)20(25)12-16(15)11-17(14-28-2)21(26)29-3/h4-8,14-16,20H,1,9-13H2,2-3H3,(H,24,27)/b17-14-/t15-,16-,20-,23-/m0/s1. The molecular formula is C23H28N2O4. The number of benzene rings is 1. The Bertz CT molecular complexity index is 864. The summed E-state index contributed by atoms with van der Waals surface area (Å²) in [5.41, 5.74) is 2.03. The van der Waals surface area contributed by atoms with Crippen LogP contribution in [0.3, 0.4) is 0 Å². The smallest absolute Gasteiger partial charge is 0.336 e. The summed E-state index contributed by atoms with van der Waals surface area (Å²) >= 11 is 0. The number of hydrogen-bond acceptors (Lipinski definition) is 5. The van der Waals surface area contributed by atoms with E-state index in [-0.39, 0.29) is 29.8 Å². The molecule has 4 rings (SSSR count). The minimum Gasteiger partial charge on any atom is -0.504 e. The van der Waals surface area contributed by atoms with E-state index in [1.54, 1.807) is 0 Å². The van der Waals surface area contributed by atoms with Crippen molar-refractivity contribution in [1.82, 2.24) is 4.90 Å². The monoisotopic (exact) mass is 396 g/mol. The van der Waals surface area contributed by atoms with Crippen molar-refractivity contribution in [3.8, 4) is 0 Å². The molecule has 4 atom stereocenters. The van der Waals surface area contributed by atoms with Crippen molar-refractivity contribution < 1.29 is 19.1 Å². The van der Waals surface area contributed by atoms with Crippen molar-refractivity contribution in [3.63, 3.8) is 0 Å². The lowest BCUT2D eigenvalue weighted by Gasteiger charge is -2.44. The largest absolute Gasteiger partial charge is 0.504 e. The molecule has 6 nitrogen and oxygen atoms in total. The van der Waals surface area contributed by atoms with Crippen LogP contribution in [0.1, 0.15) is 24.8 Å². The highest BCUT2D eigenvalue weighted by Crippen LogP contribution is 2.52. The minimum absolute atomic E-state index is 0.0997. The van der Waals surface area contributed by atoms with Crippen LogP contribution in [-0.4, -0.2) is 50.1 Å². The van der Waals surface area contributed by atoms with Crippen molar-refractivity contribution in [2.24, 2.45) is 11.8 Å². The molecule has 3 heterocycles. The number of hydrogen-bond donors (Lipinski definition) is 1. The fourth-order valence-corrected chi connectivity index (χ4v) is 5.56. The van der Waals surface area contributed by atoms with Gasteiger partial charge < -0.3 is 14.8 Å². The van der Waals surface area contributed by atoms with Crippen molar-refractivity contribution >= 4 is 17.6 Å². The number of para-hydroxylation sites is 1. The molecular weight excluding hydrogens is 368 g/mol. The van der Waals surface area contributed by atoms with Gasteiger partial charge in [-0.2, -0.15) is 0 Å². The Morgan fingerprint density at radius 1 is 1.38 bits per heavy atom. The zero-order chi connectivity index (χ0) is 20.6. The molecule has 0 bridgehead atoms. The summed E-state index contributed by atoms with van der Waals surface area (Å²) in [5, 5.41) is 3.10. The Balaban J connectivity index is 1.66. The molecule has 1 amide bonds. The van der Waals surface area contributed by atoms with Gasteiger partial charge in [0.25, 0.3) is 0 Å². The topological polar surface area (TPSA) is 67.9 Å². The quantitative estimate of drug-likeness (QED) is 0.359. The molecule has 1 N–H and O–H groups in total. The minimum atomic E-state index is -0.516. The maximum absolute atomic E-state index is 13.2. The van der Waals surface area contributed by atoms with Crippen LogP contribution in [0.2, 0.25) is 0 Å². The summed E-state index contributed by atoms with van der Waals surface area (Å²) in [5.74, 6) is 0.153. The van der Waals surface area contributed by atoms with Gasteiger partial charge in [-0.25, -0.2) is 4.79 Å². The molecule has 1 spiro atoms. The van der Waals surface area contributed by atoms with E-state index in [2.05, 4.69) is 22.9 Å². The number of methoxy groups -OCH3 is 2. The van der Waals surface area contributed by atoms with Gasteiger partial charge in [-0.3, -0.25) is 9.69 Å². The van der Waals surface area contributed by atoms with E-state index in [0.717, 1.165) is 37.2 Å². The Morgan fingerprint density at radius 3 is 2.90 bits per heavy atom. The Labute approximate surface area is 171 Å². The molecule has 3 aliphatic heterocycles. The first-order valence-electron chi connectivity index (χ1n) is 10.1. The summed E-state index contributed by atoms with van der Waals surface area (Å²) < 4.78 is 10.0. The highest BCUT2D eigenvalue weighted by Gasteiger charge is 2.59. The molecule has 2 fully saturated rings. The third kappa shape index (κ3) is 3.06. The molecule has 3 aliphatic rings. The lowest BCUT2D eigenvalue weighted by atomic mass is 9.68. The predicted octanol–water partition coefficient (Wildman–Crippen LogP) is 2.87. The summed E-state index contributed by atoms with van der Waals surface area (Å²) in [6, 6.07) is 8.13. The van der Waals surface area contributed by atoms with Gasteiger partial charge in [-0.05, 0) is 49.3 Å². The molecule has 0 aromatic heterocycles. The van der Waals surface area contributed by atoms with Gasteiger partial charge in [0.2, 0.25) is 5.91 Å². The van der Waals surface area contributed by atoms with Crippen LogP contribution in [0.5, 0.6) is 0 Å². The molecule has 0 aliphatic carbocycles. The summed E-state index contributed by atoms with van der Waals surface area (Å²) in [6.07, 6.45) is 5.63. The molecule has 1 aromatic rings. The predicted molar refractivity (Wildman–Crippen MR) is 110 cm³/mol. The van der Waals surface area contributed by atoms with E-state index in [0.29, 0.717) is 12.0 Å². The second-order valence-electron chi connectivity index (χ2n) is 8.20. The van der Waals surface area contributed by atoms with Gasteiger partial charge >= 0.3 is 5.97 Å². The highest BCUT2D eigenvalue weighted by molar-refractivity contribution is 6.07. The van der Waals surface area contributed by atoms with Crippen molar-refractivity contribution in [2.75, 3.05) is 32.6 Å². The van der Waals surface area contributed by atoms with E-state index in [1.807, 2.05) is 24.3 Å². The number of carbonyl (C=O) groups is 2. The van der Waals surface area contributed by atoms with E-state index >= 15 is 0 Å². The Morgan fingerprint density at radius 2 is 2.17 bits per heavy atom. The molecule has 2 saturated heterocycles. The number of carbonyl (C=O) groups excluding carboxylic acids is 2. The van der Waals surface area contributed by atoms with Crippen LogP contribution < -0.4 is 5.32 Å². The molecule has 6 heteroatoms. The van der Waals surface area contributed by atoms with E-state index in [4.69, 9.17) is 9.47 Å². The number of ether oxygens (including phenoxy) is 2. The Hall–Kier alpha value is -2.60. The highest BCUT2D eigenvalue weighted by atomic mass is 16.5. The zero-order valence-corrected chi connectivity index (χ0v) is 17.0. The first-order chi connectivity index (χ1) is 14.0. The van der Waals surface area contributed by atoms with Crippen molar-refractivity contribution in [1.29, 1.82) is 0 Å². The summed E-state index contributed by atoms with van der Waals surface area (Å²) in [6.45, 7) is 5.77. The molecule has 0 saturated carbocycles. The zero-order valence-electron chi connectivity index (χ0n) is 17.0. The van der Waals surface area contributed by atoms with Gasteiger partial charge in [-0.1, -0.05) is 24.3 Å². The van der Waals surface area contributed by atoms with Crippen LogP contribution in [0.4, 0.5) is 5.69 Å². The SMILES string of the molecule is C=C[C@H]1CN2CC[C@@]3(C(=O)Nc4ccccc43)[C@@H]2C[C@@H]1C/C(=C/OC)C(=O)OC. The maximum atomic E-state index is 13.2. The summed E-state index contributed by atoms with van der Waals surface area (Å²) in [4.78, 5) is 27.8. The second kappa shape index (κ2) is 7.67. The van der Waals surface area contributed by atoms with Crippen LogP contribution in [0.25, 0.3) is 0 Å². The lowest BCUT2D eigenvalue weighted by Crippen LogP contribution is -2.53. The van der Waals surface area contributed by atoms with Gasteiger partial charge in [0, 0.05) is 18.3 Å². The fraction of sp³-hybridized carbons (Fsp3) is 0.478. The second-order valence-corrected chi connectivity index (χ2v) is 8.20. The fourth-order valence-electron chi connectivity index (χ4n) is 5.56. The Kier molecular flexibility index (Phi) is 5.21. The maximum Gasteiger partial charge on any atom is 0.336 e. The van der Waals surface area contributed by atoms with Crippen LogP contribution in [-0.2, 0) is 24.5 Å². The van der Waals surface area contributed by atoms with Crippen LogP contribution in [0, 0.1) is 11.8 Å². The number of piperidine rings is 1. The number of nitrogens with zero attached hydrogens (tertiary/aromatic N) is 1. The average Bonchev–Trinajstić information content (AvgIpc) is 3.25. The normalized spacial score (nSPS) is 31.2.